The van der Waals surface area contributed by atoms with Crippen molar-refractivity contribution in [2.24, 2.45) is 0 Å². The van der Waals surface area contributed by atoms with Crippen LogP contribution in [-0.4, -0.2) is 24.2 Å². The van der Waals surface area contributed by atoms with Gasteiger partial charge in [0.05, 0.1) is 25.3 Å². The number of methoxy groups -OCH3 is 2. The van der Waals surface area contributed by atoms with Crippen LogP contribution in [-0.2, 0) is 0 Å². The SMILES string of the molecule is COc1ccccc1-c1nc2sc(-c3ccccc3OC)nc2s1. The molecule has 4 aromatic rings. The second-order valence-electron chi connectivity index (χ2n) is 5.05. The third kappa shape index (κ3) is 2.53. The lowest BCUT2D eigenvalue weighted by molar-refractivity contribution is 0.416. The van der Waals surface area contributed by atoms with Gasteiger partial charge in [0.15, 0.2) is 9.66 Å². The summed E-state index contributed by atoms with van der Waals surface area (Å²) in [6.07, 6.45) is 0. The first kappa shape index (κ1) is 15.1. The molecule has 120 valence electrons. The maximum atomic E-state index is 5.43. The molecule has 24 heavy (non-hydrogen) atoms. The Hall–Kier alpha value is -2.44. The second-order valence-corrected chi connectivity index (χ2v) is 7.00. The van der Waals surface area contributed by atoms with E-state index in [9.17, 15) is 0 Å². The van der Waals surface area contributed by atoms with Gasteiger partial charge >= 0.3 is 0 Å². The quantitative estimate of drug-likeness (QED) is 0.511. The molecule has 0 saturated heterocycles. The van der Waals surface area contributed by atoms with E-state index in [4.69, 9.17) is 19.4 Å². The number of rotatable bonds is 4. The Labute approximate surface area is 147 Å². The molecule has 0 unspecified atom stereocenters. The molecule has 0 radical (unpaired) electrons. The number of para-hydroxylation sites is 2. The van der Waals surface area contributed by atoms with Gasteiger partial charge in [-0.2, -0.15) is 0 Å². The van der Waals surface area contributed by atoms with Gasteiger partial charge in [-0.15, -0.1) is 0 Å². The van der Waals surface area contributed by atoms with Crippen molar-refractivity contribution in [2.45, 2.75) is 0 Å². The summed E-state index contributed by atoms with van der Waals surface area (Å²) < 4.78 is 10.9. The highest BCUT2D eigenvalue weighted by Gasteiger charge is 2.16. The van der Waals surface area contributed by atoms with Gasteiger partial charge in [-0.05, 0) is 24.3 Å². The molecule has 0 saturated carbocycles. The van der Waals surface area contributed by atoms with E-state index in [1.807, 2.05) is 48.5 Å². The lowest BCUT2D eigenvalue weighted by Crippen LogP contribution is -1.86. The zero-order valence-corrected chi connectivity index (χ0v) is 14.8. The third-order valence-electron chi connectivity index (χ3n) is 3.65. The van der Waals surface area contributed by atoms with Crippen molar-refractivity contribution in [3.8, 4) is 32.6 Å². The van der Waals surface area contributed by atoms with Crippen molar-refractivity contribution >= 4 is 32.3 Å². The van der Waals surface area contributed by atoms with Crippen LogP contribution in [0.15, 0.2) is 48.5 Å². The molecule has 6 heteroatoms. The highest BCUT2D eigenvalue weighted by Crippen LogP contribution is 2.40. The molecule has 4 rings (SSSR count). The Morgan fingerprint density at radius 3 is 1.50 bits per heavy atom. The molecule has 0 aliphatic rings. The molecular formula is C18H14N2O2S2. The summed E-state index contributed by atoms with van der Waals surface area (Å²) in [5, 5.41) is 1.85. The number of hydrogen-bond acceptors (Lipinski definition) is 6. The summed E-state index contributed by atoms with van der Waals surface area (Å²) in [5.74, 6) is 1.65. The Bertz CT molecular complexity index is 899. The summed E-state index contributed by atoms with van der Waals surface area (Å²) in [4.78, 5) is 11.4. The third-order valence-corrected chi connectivity index (χ3v) is 5.74. The van der Waals surface area contributed by atoms with Gasteiger partial charge in [-0.3, -0.25) is 0 Å². The zero-order chi connectivity index (χ0) is 16.5. The molecule has 0 fully saturated rings. The van der Waals surface area contributed by atoms with Gasteiger partial charge in [0.2, 0.25) is 0 Å². The maximum absolute atomic E-state index is 5.43. The minimum absolute atomic E-state index is 0.823. The summed E-state index contributed by atoms with van der Waals surface area (Å²) in [6.45, 7) is 0. The van der Waals surface area contributed by atoms with Crippen molar-refractivity contribution in [2.75, 3.05) is 14.2 Å². The first-order chi connectivity index (χ1) is 11.8. The fourth-order valence-corrected chi connectivity index (χ4v) is 4.62. The summed E-state index contributed by atoms with van der Waals surface area (Å²) in [6, 6.07) is 15.8. The molecule has 0 amide bonds. The van der Waals surface area contributed by atoms with Crippen molar-refractivity contribution < 1.29 is 9.47 Å². The number of ether oxygens (including phenoxy) is 2. The van der Waals surface area contributed by atoms with Gasteiger partial charge in [0, 0.05) is 0 Å². The summed E-state index contributed by atoms with van der Waals surface area (Å²) >= 11 is 3.15. The predicted octanol–water partition coefficient (Wildman–Crippen LogP) is 5.10. The summed E-state index contributed by atoms with van der Waals surface area (Å²) in [5.41, 5.74) is 1.99. The van der Waals surface area contributed by atoms with E-state index in [2.05, 4.69) is 0 Å². The number of thiazole rings is 2. The van der Waals surface area contributed by atoms with Gasteiger partial charge in [-0.25, -0.2) is 9.97 Å². The van der Waals surface area contributed by atoms with Crippen LogP contribution in [0.5, 0.6) is 11.5 Å². The van der Waals surface area contributed by atoms with E-state index in [1.54, 1.807) is 36.9 Å². The van der Waals surface area contributed by atoms with E-state index in [0.717, 1.165) is 42.3 Å². The molecule has 0 aliphatic carbocycles. The van der Waals surface area contributed by atoms with Crippen LogP contribution in [0.25, 0.3) is 30.8 Å². The zero-order valence-electron chi connectivity index (χ0n) is 13.1. The van der Waals surface area contributed by atoms with Crippen LogP contribution in [0.2, 0.25) is 0 Å². The standard InChI is InChI=1S/C18H14N2O2S2/c1-21-13-9-5-3-7-11(13)15-19-17-18(23-15)20-16(24-17)12-8-4-6-10-14(12)22-2/h3-10H,1-2H3. The number of fused-ring (bicyclic) bond motifs is 1. The fraction of sp³-hybridized carbons (Fsp3) is 0.111. The van der Waals surface area contributed by atoms with Crippen LogP contribution in [0.3, 0.4) is 0 Å². The number of aromatic nitrogens is 2. The van der Waals surface area contributed by atoms with E-state index in [-0.39, 0.29) is 0 Å². The van der Waals surface area contributed by atoms with Gasteiger partial charge in [0.1, 0.15) is 21.5 Å². The Morgan fingerprint density at radius 1 is 0.667 bits per heavy atom. The van der Waals surface area contributed by atoms with Crippen LogP contribution >= 0.6 is 22.7 Å². The van der Waals surface area contributed by atoms with Crippen LogP contribution in [0, 0.1) is 0 Å². The van der Waals surface area contributed by atoms with E-state index in [0.29, 0.717) is 0 Å². The Kier molecular flexibility index (Phi) is 3.92. The number of hydrogen-bond donors (Lipinski definition) is 0. The first-order valence-electron chi connectivity index (χ1n) is 7.34. The summed E-state index contributed by atoms with van der Waals surface area (Å²) in [7, 11) is 3.35. The minimum Gasteiger partial charge on any atom is -0.496 e. The smallest absolute Gasteiger partial charge is 0.155 e. The lowest BCUT2D eigenvalue weighted by atomic mass is 10.2. The molecule has 2 aromatic heterocycles. The lowest BCUT2D eigenvalue weighted by Gasteiger charge is -2.05. The molecule has 0 aliphatic heterocycles. The topological polar surface area (TPSA) is 44.2 Å². The van der Waals surface area contributed by atoms with Crippen LogP contribution in [0.4, 0.5) is 0 Å². The van der Waals surface area contributed by atoms with Gasteiger partial charge in [-0.1, -0.05) is 46.9 Å². The van der Waals surface area contributed by atoms with E-state index >= 15 is 0 Å². The fourth-order valence-electron chi connectivity index (χ4n) is 2.51. The largest absolute Gasteiger partial charge is 0.496 e. The number of benzene rings is 2. The van der Waals surface area contributed by atoms with Crippen LogP contribution in [0.1, 0.15) is 0 Å². The number of nitrogens with zero attached hydrogens (tertiary/aromatic N) is 2. The van der Waals surface area contributed by atoms with Crippen molar-refractivity contribution in [3.05, 3.63) is 48.5 Å². The van der Waals surface area contributed by atoms with E-state index in [1.165, 1.54) is 0 Å². The van der Waals surface area contributed by atoms with Crippen molar-refractivity contribution in [1.82, 2.24) is 9.97 Å². The highest BCUT2D eigenvalue weighted by molar-refractivity contribution is 7.29. The monoisotopic (exact) mass is 354 g/mol. The predicted molar refractivity (Wildman–Crippen MR) is 99.3 cm³/mol. The highest BCUT2D eigenvalue weighted by atomic mass is 32.1. The second kappa shape index (κ2) is 6.22. The van der Waals surface area contributed by atoms with Crippen molar-refractivity contribution in [1.29, 1.82) is 0 Å². The maximum Gasteiger partial charge on any atom is 0.155 e. The Balaban J connectivity index is 1.78. The molecule has 4 nitrogen and oxygen atoms in total. The Morgan fingerprint density at radius 2 is 1.08 bits per heavy atom. The van der Waals surface area contributed by atoms with Gasteiger partial charge < -0.3 is 9.47 Å². The van der Waals surface area contributed by atoms with Crippen LogP contribution < -0.4 is 9.47 Å². The molecule has 2 heterocycles. The molecule has 2 aromatic carbocycles. The average Bonchev–Trinajstić information content (AvgIpc) is 3.20. The molecule has 0 bridgehead atoms. The van der Waals surface area contributed by atoms with Crippen molar-refractivity contribution in [3.63, 3.8) is 0 Å². The normalized spacial score (nSPS) is 10.9. The first-order valence-corrected chi connectivity index (χ1v) is 8.97. The molecule has 0 atom stereocenters. The molecular weight excluding hydrogens is 340 g/mol. The van der Waals surface area contributed by atoms with E-state index < -0.39 is 0 Å². The molecule has 0 N–H and O–H groups in total. The minimum atomic E-state index is 0.823. The average molecular weight is 354 g/mol. The van der Waals surface area contributed by atoms with Gasteiger partial charge in [0.25, 0.3) is 0 Å². The molecule has 0 spiro atoms.